The van der Waals surface area contributed by atoms with Crippen molar-refractivity contribution in [2.45, 2.75) is 18.7 Å². The van der Waals surface area contributed by atoms with Gasteiger partial charge in [-0.2, -0.15) is 0 Å². The molecule has 10 nitrogen and oxygen atoms in total. The number of ether oxygens (including phenoxy) is 2. The molecule has 0 saturated carbocycles. The number of nitrogens with zero attached hydrogens (tertiary/aromatic N) is 2. The highest BCUT2D eigenvalue weighted by Crippen LogP contribution is 2.22. The number of hydrogen-bond donors (Lipinski definition) is 3. The maximum absolute atomic E-state index is 12.7. The minimum Gasteiger partial charge on any atom is -0.492 e. The fraction of sp³-hybridized carbons (Fsp3) is 0.217. The minimum absolute atomic E-state index is 0.0121. The predicted molar refractivity (Wildman–Crippen MR) is 136 cm³/mol. The van der Waals surface area contributed by atoms with Crippen molar-refractivity contribution in [3.05, 3.63) is 66.5 Å². The number of anilines is 2. The third kappa shape index (κ3) is 7.11. The van der Waals surface area contributed by atoms with E-state index >= 15 is 0 Å². The van der Waals surface area contributed by atoms with Crippen molar-refractivity contribution >= 4 is 44.8 Å². The molecule has 0 unspecified atom stereocenters. The van der Waals surface area contributed by atoms with Crippen molar-refractivity contribution in [1.29, 1.82) is 0 Å². The third-order valence-electron chi connectivity index (χ3n) is 4.44. The molecule has 0 saturated heterocycles. The van der Waals surface area contributed by atoms with Crippen LogP contribution in [0.5, 0.6) is 11.6 Å². The number of carbonyl (C=O) groups excluding carboxylic acids is 1. The zero-order chi connectivity index (χ0) is 25.4. The summed E-state index contributed by atoms with van der Waals surface area (Å²) in [6, 6.07) is 12.7. The van der Waals surface area contributed by atoms with Crippen molar-refractivity contribution in [1.82, 2.24) is 15.3 Å². The van der Waals surface area contributed by atoms with E-state index in [2.05, 4.69) is 25.3 Å². The molecule has 3 N–H and O–H groups in total. The molecule has 1 aromatic heterocycles. The number of nitrogens with one attached hydrogen (secondary N) is 3. The lowest BCUT2D eigenvalue weighted by Gasteiger charge is -2.14. The monoisotopic (exact) mass is 515 g/mol. The maximum Gasteiger partial charge on any atom is 0.263 e. The highest BCUT2D eigenvalue weighted by molar-refractivity contribution is 7.92. The molecule has 2 aromatic carbocycles. The number of aromatic nitrogens is 2. The topological polar surface area (TPSA) is 132 Å². The van der Waals surface area contributed by atoms with Gasteiger partial charge in [0.15, 0.2) is 5.11 Å². The lowest BCUT2D eigenvalue weighted by Crippen LogP contribution is -2.34. The first-order valence-electron chi connectivity index (χ1n) is 10.5. The van der Waals surface area contributed by atoms with Gasteiger partial charge >= 0.3 is 0 Å². The Morgan fingerprint density at radius 3 is 2.43 bits per heavy atom. The molecule has 184 valence electrons. The van der Waals surface area contributed by atoms with Gasteiger partial charge in [0.2, 0.25) is 5.82 Å². The Morgan fingerprint density at radius 2 is 1.74 bits per heavy atom. The SMILES string of the molecule is COc1nccnc1NS(=O)(=O)c1ccc(NC(=S)NC(=O)c2ccccc2OCC(C)C)cc1. The van der Waals surface area contributed by atoms with Crippen LogP contribution >= 0.6 is 12.2 Å². The van der Waals surface area contributed by atoms with Crippen molar-refractivity contribution in [3.63, 3.8) is 0 Å². The molecule has 0 aliphatic carbocycles. The van der Waals surface area contributed by atoms with Gasteiger partial charge in [0.25, 0.3) is 21.8 Å². The van der Waals surface area contributed by atoms with E-state index < -0.39 is 15.9 Å². The van der Waals surface area contributed by atoms with E-state index in [-0.39, 0.29) is 21.7 Å². The first-order valence-corrected chi connectivity index (χ1v) is 12.4. The summed E-state index contributed by atoms with van der Waals surface area (Å²) >= 11 is 5.24. The molecule has 0 bridgehead atoms. The number of carbonyl (C=O) groups is 1. The summed E-state index contributed by atoms with van der Waals surface area (Å²) in [5.74, 6) is 0.357. The lowest BCUT2D eigenvalue weighted by atomic mass is 10.2. The Labute approximate surface area is 209 Å². The van der Waals surface area contributed by atoms with Crippen LogP contribution < -0.4 is 24.8 Å². The number of rotatable bonds is 9. The van der Waals surface area contributed by atoms with Crippen molar-refractivity contribution in [3.8, 4) is 11.6 Å². The Balaban J connectivity index is 1.64. The number of methoxy groups -OCH3 is 1. The maximum atomic E-state index is 12.7. The van der Waals surface area contributed by atoms with Gasteiger partial charge < -0.3 is 14.8 Å². The molecule has 0 atom stereocenters. The fourth-order valence-corrected chi connectivity index (χ4v) is 4.03. The van der Waals surface area contributed by atoms with E-state index in [1.54, 1.807) is 24.3 Å². The van der Waals surface area contributed by atoms with Gasteiger partial charge in [-0.15, -0.1) is 0 Å². The van der Waals surface area contributed by atoms with Crippen LogP contribution in [0.4, 0.5) is 11.5 Å². The van der Waals surface area contributed by atoms with Crippen molar-refractivity contribution in [2.24, 2.45) is 5.92 Å². The minimum atomic E-state index is -3.94. The number of benzene rings is 2. The molecule has 12 heteroatoms. The molecular formula is C23H25N5O5S2. The second-order valence-electron chi connectivity index (χ2n) is 7.65. The molecule has 0 fully saturated rings. The Hall–Kier alpha value is -3.77. The smallest absolute Gasteiger partial charge is 0.263 e. The van der Waals surface area contributed by atoms with E-state index in [9.17, 15) is 13.2 Å². The Bertz CT molecular complexity index is 1300. The normalized spacial score (nSPS) is 11.0. The molecule has 1 heterocycles. The van der Waals surface area contributed by atoms with Gasteiger partial charge in [-0.05, 0) is 54.5 Å². The molecule has 3 aromatic rings. The van der Waals surface area contributed by atoms with Gasteiger partial charge in [-0.1, -0.05) is 26.0 Å². The molecule has 0 radical (unpaired) electrons. The van der Waals surface area contributed by atoms with Gasteiger partial charge in [0.1, 0.15) is 5.75 Å². The quantitative estimate of drug-likeness (QED) is 0.367. The average molecular weight is 516 g/mol. The van der Waals surface area contributed by atoms with Crippen LogP contribution in [0.3, 0.4) is 0 Å². The summed E-state index contributed by atoms with van der Waals surface area (Å²) in [6.07, 6.45) is 2.73. The largest absolute Gasteiger partial charge is 0.492 e. The summed E-state index contributed by atoms with van der Waals surface area (Å²) in [6.45, 7) is 4.50. The molecule has 35 heavy (non-hydrogen) atoms. The van der Waals surface area contributed by atoms with Crippen LogP contribution in [0.1, 0.15) is 24.2 Å². The highest BCUT2D eigenvalue weighted by Gasteiger charge is 2.18. The molecule has 0 aliphatic heterocycles. The van der Waals surface area contributed by atoms with E-state index in [0.717, 1.165) is 0 Å². The van der Waals surface area contributed by atoms with Gasteiger partial charge in [0.05, 0.1) is 24.2 Å². The number of hydrogen-bond acceptors (Lipinski definition) is 8. The predicted octanol–water partition coefficient (Wildman–Crippen LogP) is 3.45. The third-order valence-corrected chi connectivity index (χ3v) is 6.00. The van der Waals surface area contributed by atoms with Crippen LogP contribution in [0.15, 0.2) is 65.8 Å². The van der Waals surface area contributed by atoms with Gasteiger partial charge in [-0.25, -0.2) is 18.4 Å². The van der Waals surface area contributed by atoms with E-state index in [0.29, 0.717) is 29.5 Å². The number of para-hydroxylation sites is 1. The number of thiocarbonyl (C=S) groups is 1. The first kappa shape index (κ1) is 25.8. The van der Waals surface area contributed by atoms with Crippen molar-refractivity contribution in [2.75, 3.05) is 23.8 Å². The summed E-state index contributed by atoms with van der Waals surface area (Å²) in [7, 11) is -2.58. The summed E-state index contributed by atoms with van der Waals surface area (Å²) in [5.41, 5.74) is 0.833. The Kier molecular flexibility index (Phi) is 8.55. The molecule has 3 rings (SSSR count). The zero-order valence-electron chi connectivity index (χ0n) is 19.3. The van der Waals surface area contributed by atoms with Crippen molar-refractivity contribution < 1.29 is 22.7 Å². The van der Waals surface area contributed by atoms with Crippen LogP contribution in [-0.4, -0.2) is 43.1 Å². The number of sulfonamides is 1. The van der Waals surface area contributed by atoms with Crippen LogP contribution in [0.25, 0.3) is 0 Å². The standard InChI is InChI=1S/C23H25N5O5S2/c1-15(2)14-33-19-7-5-4-6-18(19)21(29)27-23(34)26-16-8-10-17(11-9-16)35(30,31)28-20-22(32-3)25-13-12-24-20/h4-13,15H,14H2,1-3H3,(H,24,28)(H2,26,27,29,34). The van der Waals surface area contributed by atoms with Gasteiger partial charge in [0, 0.05) is 18.1 Å². The summed E-state index contributed by atoms with van der Waals surface area (Å²) < 4.78 is 38.4. The van der Waals surface area contributed by atoms with Crippen LogP contribution in [0.2, 0.25) is 0 Å². The fourth-order valence-electron chi connectivity index (χ4n) is 2.82. The molecular weight excluding hydrogens is 490 g/mol. The highest BCUT2D eigenvalue weighted by atomic mass is 32.2. The van der Waals surface area contributed by atoms with Crippen LogP contribution in [-0.2, 0) is 10.0 Å². The summed E-state index contributed by atoms with van der Waals surface area (Å²) in [4.78, 5) is 20.5. The lowest BCUT2D eigenvalue weighted by molar-refractivity contribution is 0.0973. The van der Waals surface area contributed by atoms with E-state index in [1.807, 2.05) is 13.8 Å². The van der Waals surface area contributed by atoms with E-state index in [4.69, 9.17) is 21.7 Å². The van der Waals surface area contributed by atoms with Crippen LogP contribution in [0, 0.1) is 5.92 Å². The van der Waals surface area contributed by atoms with E-state index in [1.165, 1.54) is 43.8 Å². The second-order valence-corrected chi connectivity index (χ2v) is 9.74. The summed E-state index contributed by atoms with van der Waals surface area (Å²) in [5, 5.41) is 5.51. The Morgan fingerprint density at radius 1 is 1.06 bits per heavy atom. The molecule has 1 amide bonds. The number of amides is 1. The zero-order valence-corrected chi connectivity index (χ0v) is 20.9. The first-order chi connectivity index (χ1) is 16.7. The van der Waals surface area contributed by atoms with Gasteiger partial charge in [-0.3, -0.25) is 14.8 Å². The molecule has 0 aliphatic rings. The average Bonchev–Trinajstić information content (AvgIpc) is 2.83. The second kappa shape index (κ2) is 11.6. The molecule has 0 spiro atoms.